The highest BCUT2D eigenvalue weighted by Gasteiger charge is 2.07. The predicted molar refractivity (Wildman–Crippen MR) is 69.5 cm³/mol. The maximum atomic E-state index is 2.38. The molecule has 0 aromatic carbocycles. The van der Waals surface area contributed by atoms with Crippen LogP contribution < -0.4 is 0 Å². The molecule has 0 aromatic rings. The minimum absolute atomic E-state index is 0.0648. The van der Waals surface area contributed by atoms with Gasteiger partial charge in [-0.2, -0.15) is 0 Å². The van der Waals surface area contributed by atoms with E-state index in [1.54, 1.807) is 18.1 Å². The molecule has 0 N–H and O–H groups in total. The highest BCUT2D eigenvalue weighted by molar-refractivity contribution is 7.35. The molecule has 0 atom stereocenters. The van der Waals surface area contributed by atoms with Crippen molar-refractivity contribution in [1.29, 1.82) is 0 Å². The third-order valence-corrected chi connectivity index (χ3v) is 26.5. The first kappa shape index (κ1) is 12.7. The molecule has 0 aliphatic rings. The lowest BCUT2D eigenvalue weighted by atomic mass is 10.6. The molecule has 0 saturated carbocycles. The van der Waals surface area contributed by atoms with Gasteiger partial charge in [0, 0.05) is 25.9 Å². The van der Waals surface area contributed by atoms with Crippen molar-refractivity contribution in [2.45, 2.75) is 58.2 Å². The van der Waals surface area contributed by atoms with Crippen molar-refractivity contribution < 1.29 is 0 Å². The fourth-order valence-corrected chi connectivity index (χ4v) is 27.1. The Balaban J connectivity index is 3.34. The van der Waals surface area contributed by atoms with Gasteiger partial charge in [0.15, 0.2) is 0 Å². The molecule has 0 aromatic heterocycles. The van der Waals surface area contributed by atoms with Gasteiger partial charge in [0.1, 0.15) is 0 Å². The van der Waals surface area contributed by atoms with E-state index in [0.717, 1.165) is 0 Å². The molecule has 0 radical (unpaired) electrons. The summed E-state index contributed by atoms with van der Waals surface area (Å²) in [5.74, 6) is 0. The second-order valence-corrected chi connectivity index (χ2v) is 21.3. The van der Waals surface area contributed by atoms with Gasteiger partial charge in [-0.25, -0.2) is 0 Å². The minimum atomic E-state index is -0.0648. The Morgan fingerprint density at radius 1 is 0.917 bits per heavy atom. The SMILES string of the molecule is CCC[SiH2][SiH2][SiH](CCC)CCC. The van der Waals surface area contributed by atoms with E-state index in [1.165, 1.54) is 19.3 Å². The summed E-state index contributed by atoms with van der Waals surface area (Å²) in [6.45, 7) is 7.12. The van der Waals surface area contributed by atoms with E-state index in [2.05, 4.69) is 20.8 Å². The first-order valence-corrected chi connectivity index (χ1v) is 15.7. The van der Waals surface area contributed by atoms with Crippen molar-refractivity contribution >= 4 is 25.9 Å². The summed E-state index contributed by atoms with van der Waals surface area (Å²) in [5.41, 5.74) is 0. The second kappa shape index (κ2) is 9.74. The van der Waals surface area contributed by atoms with Crippen molar-refractivity contribution in [2.24, 2.45) is 0 Å². The van der Waals surface area contributed by atoms with Gasteiger partial charge in [0.05, 0.1) is 0 Å². The molecule has 0 amide bonds. The summed E-state index contributed by atoms with van der Waals surface area (Å²) in [5, 5.41) is 0. The van der Waals surface area contributed by atoms with E-state index in [9.17, 15) is 0 Å². The van der Waals surface area contributed by atoms with Gasteiger partial charge in [0.2, 0.25) is 0 Å². The van der Waals surface area contributed by atoms with E-state index in [4.69, 9.17) is 0 Å². The van der Waals surface area contributed by atoms with E-state index in [1.807, 2.05) is 0 Å². The van der Waals surface area contributed by atoms with Crippen LogP contribution in [-0.4, -0.2) is 25.9 Å². The number of hydrogen-bond acceptors (Lipinski definition) is 0. The normalized spacial score (nSPS) is 13.0. The van der Waals surface area contributed by atoms with E-state index in [0.29, 0.717) is 17.6 Å². The maximum absolute atomic E-state index is 2.38. The molecule has 74 valence electrons. The van der Waals surface area contributed by atoms with Crippen molar-refractivity contribution in [3.63, 3.8) is 0 Å². The van der Waals surface area contributed by atoms with Crippen LogP contribution in [0.15, 0.2) is 0 Å². The van der Waals surface area contributed by atoms with Crippen LogP contribution in [0.5, 0.6) is 0 Å². The summed E-state index contributed by atoms with van der Waals surface area (Å²) in [6.07, 6.45) is 4.47. The fourth-order valence-electron chi connectivity index (χ4n) is 1.93. The number of hydrogen-bond donors (Lipinski definition) is 0. The van der Waals surface area contributed by atoms with Crippen LogP contribution in [-0.2, 0) is 0 Å². The minimum Gasteiger partial charge on any atom is -0.0657 e. The van der Waals surface area contributed by atoms with Gasteiger partial charge < -0.3 is 0 Å². The summed E-state index contributed by atoms with van der Waals surface area (Å²) >= 11 is 0. The third-order valence-electron chi connectivity index (χ3n) is 2.61. The fraction of sp³-hybridized carbons (Fsp3) is 1.00. The Hall–Kier alpha value is 0.651. The Morgan fingerprint density at radius 3 is 1.92 bits per heavy atom. The zero-order valence-electron chi connectivity index (χ0n) is 9.23. The molecular formula is C9H26Si3. The molecule has 12 heavy (non-hydrogen) atoms. The molecule has 0 unspecified atom stereocenters. The second-order valence-electron chi connectivity index (χ2n) is 3.94. The summed E-state index contributed by atoms with van der Waals surface area (Å²) in [7, 11) is 1.03. The molecule has 0 nitrogen and oxygen atoms in total. The quantitative estimate of drug-likeness (QED) is 0.429. The van der Waals surface area contributed by atoms with Crippen LogP contribution >= 0.6 is 0 Å². The molecule has 0 heterocycles. The van der Waals surface area contributed by atoms with Crippen molar-refractivity contribution in [3.8, 4) is 0 Å². The standard InChI is InChI=1S/C9H26Si3/c1-4-7-10-11-12(8-5-2)9-6-3/h12H,4-11H2,1-3H3. The molecule has 0 bridgehead atoms. The Kier molecular flexibility index (Phi) is 10.3. The summed E-state index contributed by atoms with van der Waals surface area (Å²) < 4.78 is 0. The Morgan fingerprint density at radius 2 is 1.50 bits per heavy atom. The van der Waals surface area contributed by atoms with Gasteiger partial charge in [-0.1, -0.05) is 58.2 Å². The summed E-state index contributed by atoms with van der Waals surface area (Å²) in [6, 6.07) is 5.05. The number of rotatable bonds is 8. The molecular weight excluding hydrogens is 192 g/mol. The van der Waals surface area contributed by atoms with E-state index < -0.39 is 0 Å². The van der Waals surface area contributed by atoms with Crippen LogP contribution in [0.1, 0.15) is 40.0 Å². The molecule has 0 spiro atoms. The molecule has 0 fully saturated rings. The molecule has 0 rings (SSSR count). The lowest BCUT2D eigenvalue weighted by Gasteiger charge is -2.11. The largest absolute Gasteiger partial charge is 0.0657 e. The van der Waals surface area contributed by atoms with Crippen LogP contribution in [0.2, 0.25) is 18.1 Å². The topological polar surface area (TPSA) is 0 Å². The van der Waals surface area contributed by atoms with Crippen molar-refractivity contribution in [2.75, 3.05) is 0 Å². The van der Waals surface area contributed by atoms with Crippen molar-refractivity contribution in [1.82, 2.24) is 0 Å². The maximum Gasteiger partial charge on any atom is 0.0210 e. The lowest BCUT2D eigenvalue weighted by molar-refractivity contribution is 1.02. The molecule has 0 aliphatic carbocycles. The molecule has 0 aliphatic heterocycles. The van der Waals surface area contributed by atoms with Gasteiger partial charge in [-0.3, -0.25) is 0 Å². The van der Waals surface area contributed by atoms with Crippen LogP contribution in [0.3, 0.4) is 0 Å². The average molecular weight is 219 g/mol. The van der Waals surface area contributed by atoms with Gasteiger partial charge in [-0.15, -0.1) is 0 Å². The Bertz CT molecular complexity index is 79.8. The Labute approximate surface area is 84.4 Å². The zero-order valence-corrected chi connectivity index (χ0v) is 13.2. The van der Waals surface area contributed by atoms with E-state index >= 15 is 0 Å². The lowest BCUT2D eigenvalue weighted by Crippen LogP contribution is -2.26. The van der Waals surface area contributed by atoms with Gasteiger partial charge in [0.25, 0.3) is 0 Å². The summed E-state index contributed by atoms with van der Waals surface area (Å²) in [4.78, 5) is 0. The molecule has 3 heteroatoms. The predicted octanol–water partition coefficient (Wildman–Crippen LogP) is 1.61. The van der Waals surface area contributed by atoms with Gasteiger partial charge in [-0.05, 0) is 0 Å². The van der Waals surface area contributed by atoms with E-state index in [-0.39, 0.29) is 8.31 Å². The smallest absolute Gasteiger partial charge is 0.0210 e. The van der Waals surface area contributed by atoms with Crippen LogP contribution in [0.4, 0.5) is 0 Å². The van der Waals surface area contributed by atoms with Crippen molar-refractivity contribution in [3.05, 3.63) is 0 Å². The first-order chi connectivity index (χ1) is 5.85. The monoisotopic (exact) mass is 218 g/mol. The highest BCUT2D eigenvalue weighted by Crippen LogP contribution is 2.04. The van der Waals surface area contributed by atoms with Crippen LogP contribution in [0.25, 0.3) is 0 Å². The van der Waals surface area contributed by atoms with Gasteiger partial charge >= 0.3 is 0 Å². The highest BCUT2D eigenvalue weighted by atomic mass is 29.5. The van der Waals surface area contributed by atoms with Crippen LogP contribution in [0, 0.1) is 0 Å². The first-order valence-electron chi connectivity index (χ1n) is 5.85. The third kappa shape index (κ3) is 7.31. The average Bonchev–Trinajstić information content (AvgIpc) is 2.06. The molecule has 0 saturated heterocycles. The zero-order chi connectivity index (χ0) is 9.23.